The Hall–Kier alpha value is -2.98. The molecule has 2 saturated heterocycles. The van der Waals surface area contributed by atoms with Crippen LogP contribution >= 0.6 is 0 Å². The monoisotopic (exact) mass is 529 g/mol. The molecule has 1 amide bonds. The maximum atomic E-state index is 14.7. The average Bonchev–Trinajstić information content (AvgIpc) is 3.73. The molecule has 3 fully saturated rings. The van der Waals surface area contributed by atoms with Crippen LogP contribution in [0.3, 0.4) is 0 Å². The number of nitrogens with zero attached hydrogens (tertiary/aromatic N) is 3. The molecule has 2 heterocycles. The molecular weight excluding hydrogens is 497 g/mol. The first-order valence-electron chi connectivity index (χ1n) is 12.7. The quantitative estimate of drug-likeness (QED) is 0.532. The van der Waals surface area contributed by atoms with E-state index in [-0.39, 0.29) is 22.5 Å². The summed E-state index contributed by atoms with van der Waals surface area (Å²) in [6, 6.07) is 8.10. The number of sulfone groups is 1. The van der Waals surface area contributed by atoms with Crippen molar-refractivity contribution in [3.8, 4) is 0 Å². The van der Waals surface area contributed by atoms with E-state index in [1.807, 2.05) is 15.9 Å². The van der Waals surface area contributed by atoms with Crippen molar-refractivity contribution in [1.29, 1.82) is 0 Å². The summed E-state index contributed by atoms with van der Waals surface area (Å²) in [7, 11) is -3.58. The summed E-state index contributed by atoms with van der Waals surface area (Å²) in [5.74, 6) is -0.583. The zero-order valence-electron chi connectivity index (χ0n) is 21.2. The molecule has 37 heavy (non-hydrogen) atoms. The van der Waals surface area contributed by atoms with E-state index in [4.69, 9.17) is 4.74 Å². The van der Waals surface area contributed by atoms with Gasteiger partial charge in [-0.3, -0.25) is 9.59 Å². The van der Waals surface area contributed by atoms with Crippen molar-refractivity contribution in [3.63, 3.8) is 0 Å². The van der Waals surface area contributed by atoms with E-state index in [2.05, 4.69) is 0 Å². The van der Waals surface area contributed by atoms with Gasteiger partial charge in [-0.25, -0.2) is 12.8 Å². The molecule has 2 aromatic carbocycles. The normalized spacial score (nSPS) is 18.7. The van der Waals surface area contributed by atoms with Gasteiger partial charge in [0.15, 0.2) is 15.6 Å². The molecule has 10 heteroatoms. The fourth-order valence-corrected chi connectivity index (χ4v) is 6.08. The third kappa shape index (κ3) is 5.36. The van der Waals surface area contributed by atoms with Crippen molar-refractivity contribution in [2.45, 2.75) is 30.6 Å². The molecule has 1 saturated carbocycles. The molecule has 2 aromatic rings. The van der Waals surface area contributed by atoms with Gasteiger partial charge in [-0.1, -0.05) is 0 Å². The van der Waals surface area contributed by atoms with Gasteiger partial charge in [0.1, 0.15) is 5.82 Å². The standard InChI is InChI=1S/C27H32FN3O5S/c1-18(32)20-5-6-24(23(28)16-20)29-7-9-31(10-8-29)27(33)22-15-21(19-3-4-19)17-25(37(2,34)35)26(22)30-11-13-36-14-12-30/h5-6,15-17,19H,3-4,7-14H2,1-2H3. The number of Topliss-reactive ketones (excluding diaryl/α,β-unsaturated/α-hetero) is 1. The van der Waals surface area contributed by atoms with Crippen LogP contribution in [0.15, 0.2) is 35.2 Å². The first kappa shape index (κ1) is 25.7. The lowest BCUT2D eigenvalue weighted by Gasteiger charge is -2.38. The van der Waals surface area contributed by atoms with Crippen LogP contribution < -0.4 is 9.80 Å². The third-order valence-electron chi connectivity index (χ3n) is 7.37. The van der Waals surface area contributed by atoms with Gasteiger partial charge >= 0.3 is 0 Å². The van der Waals surface area contributed by atoms with Crippen LogP contribution in [0.5, 0.6) is 0 Å². The number of hydrogen-bond acceptors (Lipinski definition) is 7. The van der Waals surface area contributed by atoms with E-state index in [1.165, 1.54) is 19.2 Å². The maximum Gasteiger partial charge on any atom is 0.256 e. The van der Waals surface area contributed by atoms with Gasteiger partial charge in [0, 0.05) is 51.1 Å². The molecule has 3 aliphatic rings. The second-order valence-corrected chi connectivity index (χ2v) is 12.0. The molecule has 0 radical (unpaired) electrons. The number of piperazine rings is 1. The molecule has 8 nitrogen and oxygen atoms in total. The summed E-state index contributed by atoms with van der Waals surface area (Å²) in [6.07, 6.45) is 3.17. The van der Waals surface area contributed by atoms with Crippen LogP contribution in [-0.2, 0) is 14.6 Å². The number of halogens is 1. The molecular formula is C27H32FN3O5S. The number of anilines is 2. The maximum absolute atomic E-state index is 14.7. The molecule has 0 bridgehead atoms. The molecule has 1 aliphatic carbocycles. The molecule has 0 aromatic heterocycles. The smallest absolute Gasteiger partial charge is 0.256 e. The number of rotatable bonds is 6. The summed E-state index contributed by atoms with van der Waals surface area (Å²) in [5.41, 5.74) is 2.50. The predicted octanol–water partition coefficient (Wildman–Crippen LogP) is 3.11. The van der Waals surface area contributed by atoms with Crippen LogP contribution in [0.4, 0.5) is 15.8 Å². The SMILES string of the molecule is CC(=O)c1ccc(N2CCN(C(=O)c3cc(C4CC4)cc(S(C)(=O)=O)c3N3CCOCC3)CC2)c(F)c1. The minimum absolute atomic E-state index is 0.196. The van der Waals surface area contributed by atoms with Gasteiger partial charge in [0.25, 0.3) is 5.91 Å². The Morgan fingerprint density at radius 3 is 2.19 bits per heavy atom. The second kappa shape index (κ2) is 10.1. The van der Waals surface area contributed by atoms with E-state index in [1.54, 1.807) is 23.1 Å². The van der Waals surface area contributed by atoms with E-state index < -0.39 is 15.7 Å². The van der Waals surface area contributed by atoms with Gasteiger partial charge in [-0.2, -0.15) is 0 Å². The van der Waals surface area contributed by atoms with Gasteiger partial charge in [0.05, 0.1) is 35.0 Å². The van der Waals surface area contributed by atoms with Crippen LogP contribution in [0.2, 0.25) is 0 Å². The number of carbonyl (C=O) groups excluding carboxylic acids is 2. The third-order valence-corrected chi connectivity index (χ3v) is 8.48. The lowest BCUT2D eigenvalue weighted by molar-refractivity contribution is 0.0745. The van der Waals surface area contributed by atoms with Gasteiger partial charge in [-0.05, 0) is 61.6 Å². The fraction of sp³-hybridized carbons (Fsp3) is 0.481. The molecule has 0 spiro atoms. The summed E-state index contributed by atoms with van der Waals surface area (Å²) in [5, 5.41) is 0. The predicted molar refractivity (Wildman–Crippen MR) is 139 cm³/mol. The highest BCUT2D eigenvalue weighted by atomic mass is 32.2. The Kier molecular flexibility index (Phi) is 6.97. The van der Waals surface area contributed by atoms with Crippen LogP contribution in [-0.4, -0.2) is 83.7 Å². The highest BCUT2D eigenvalue weighted by Crippen LogP contribution is 2.44. The number of carbonyl (C=O) groups is 2. The van der Waals surface area contributed by atoms with Crippen LogP contribution in [0.25, 0.3) is 0 Å². The molecule has 2 aliphatic heterocycles. The number of benzene rings is 2. The fourth-order valence-electron chi connectivity index (χ4n) is 5.14. The zero-order chi connectivity index (χ0) is 26.3. The molecule has 0 N–H and O–H groups in total. The Balaban J connectivity index is 1.43. The van der Waals surface area contributed by atoms with E-state index in [0.717, 1.165) is 18.4 Å². The first-order chi connectivity index (χ1) is 17.6. The highest BCUT2D eigenvalue weighted by Gasteiger charge is 2.34. The summed E-state index contributed by atoms with van der Waals surface area (Å²) in [6.45, 7) is 4.95. The lowest BCUT2D eigenvalue weighted by atomic mass is 10.0. The van der Waals surface area contributed by atoms with Crippen molar-refractivity contribution in [1.82, 2.24) is 4.90 Å². The van der Waals surface area contributed by atoms with Crippen LogP contribution in [0, 0.1) is 5.82 Å². The van der Waals surface area contributed by atoms with Crippen molar-refractivity contribution in [2.75, 3.05) is 68.5 Å². The average molecular weight is 530 g/mol. The van der Waals surface area contributed by atoms with Crippen molar-refractivity contribution >= 4 is 32.9 Å². The first-order valence-corrected chi connectivity index (χ1v) is 14.6. The molecule has 0 atom stereocenters. The summed E-state index contributed by atoms with van der Waals surface area (Å²) >= 11 is 0. The molecule has 198 valence electrons. The van der Waals surface area contributed by atoms with Crippen molar-refractivity contribution < 1.29 is 27.1 Å². The minimum atomic E-state index is -3.58. The van der Waals surface area contributed by atoms with Crippen molar-refractivity contribution in [3.05, 3.63) is 52.8 Å². The second-order valence-electron chi connectivity index (χ2n) is 10.1. The van der Waals surface area contributed by atoms with Gasteiger partial charge in [-0.15, -0.1) is 0 Å². The minimum Gasteiger partial charge on any atom is -0.378 e. The largest absolute Gasteiger partial charge is 0.378 e. The Bertz CT molecular complexity index is 1330. The van der Waals surface area contributed by atoms with Crippen molar-refractivity contribution in [2.24, 2.45) is 0 Å². The summed E-state index contributed by atoms with van der Waals surface area (Å²) < 4.78 is 46.0. The number of amides is 1. The van der Waals surface area contributed by atoms with E-state index >= 15 is 0 Å². The Morgan fingerprint density at radius 2 is 1.62 bits per heavy atom. The zero-order valence-corrected chi connectivity index (χ0v) is 22.0. The van der Waals surface area contributed by atoms with E-state index in [9.17, 15) is 22.4 Å². The number of ketones is 1. The highest BCUT2D eigenvalue weighted by molar-refractivity contribution is 7.90. The number of morpholine rings is 1. The Morgan fingerprint density at radius 1 is 0.946 bits per heavy atom. The topological polar surface area (TPSA) is 87.2 Å². The number of ether oxygens (including phenoxy) is 1. The number of hydrogen-bond donors (Lipinski definition) is 0. The molecule has 0 unspecified atom stereocenters. The van der Waals surface area contributed by atoms with Crippen LogP contribution in [0.1, 0.15) is 52.0 Å². The lowest BCUT2D eigenvalue weighted by Crippen LogP contribution is -2.49. The van der Waals surface area contributed by atoms with Gasteiger partial charge < -0.3 is 19.4 Å². The summed E-state index contributed by atoms with van der Waals surface area (Å²) in [4.78, 5) is 31.2. The van der Waals surface area contributed by atoms with Gasteiger partial charge in [0.2, 0.25) is 0 Å². The van der Waals surface area contributed by atoms with E-state index in [0.29, 0.717) is 75.0 Å². The molecule has 5 rings (SSSR count). The Labute approximate surface area is 216 Å².